The maximum atomic E-state index is 13.0. The molecule has 0 radical (unpaired) electrons. The summed E-state index contributed by atoms with van der Waals surface area (Å²) in [5, 5.41) is 24.0. The molecule has 3 fully saturated rings. The topological polar surface area (TPSA) is 108 Å². The van der Waals surface area contributed by atoms with E-state index in [1.165, 1.54) is 0 Å². The highest BCUT2D eigenvalue weighted by atomic mass is 16.6. The zero-order chi connectivity index (χ0) is 22.6. The van der Waals surface area contributed by atoms with E-state index in [0.29, 0.717) is 52.1 Å². The van der Waals surface area contributed by atoms with E-state index in [1.807, 2.05) is 11.8 Å². The van der Waals surface area contributed by atoms with Crippen LogP contribution in [0.25, 0.3) is 0 Å². The molecule has 8 nitrogen and oxygen atoms in total. The number of aliphatic hydroxyl groups excluding tert-OH is 2. The van der Waals surface area contributed by atoms with E-state index >= 15 is 0 Å². The average Bonchev–Trinajstić information content (AvgIpc) is 2.77. The van der Waals surface area contributed by atoms with E-state index < -0.39 is 23.7 Å². The number of morpholine rings is 1. The van der Waals surface area contributed by atoms with Gasteiger partial charge in [-0.15, -0.1) is 6.58 Å². The average molecular weight is 439 g/mol. The number of carbonyl (C=O) groups excluding carboxylic acids is 2. The number of nitrogens with zero attached hydrogens (tertiary/aromatic N) is 1. The highest BCUT2D eigenvalue weighted by molar-refractivity contribution is 5.76. The second kappa shape index (κ2) is 9.88. The summed E-state index contributed by atoms with van der Waals surface area (Å²) in [6, 6.07) is 0. The molecular weight excluding hydrogens is 400 g/mol. The molecule has 3 aliphatic rings. The Kier molecular flexibility index (Phi) is 7.65. The predicted octanol–water partition coefficient (Wildman–Crippen LogP) is 1.70. The van der Waals surface area contributed by atoms with Crippen LogP contribution in [-0.2, 0) is 14.3 Å². The van der Waals surface area contributed by atoms with Crippen LogP contribution >= 0.6 is 0 Å². The Morgan fingerprint density at radius 2 is 1.97 bits per heavy atom. The number of rotatable bonds is 6. The van der Waals surface area contributed by atoms with Crippen molar-refractivity contribution in [3.05, 3.63) is 12.7 Å². The summed E-state index contributed by atoms with van der Waals surface area (Å²) < 4.78 is 11.1. The van der Waals surface area contributed by atoms with Gasteiger partial charge in [-0.05, 0) is 42.9 Å². The summed E-state index contributed by atoms with van der Waals surface area (Å²) in [4.78, 5) is 27.0. The van der Waals surface area contributed by atoms with Gasteiger partial charge in [0, 0.05) is 31.5 Å². The molecule has 0 bridgehead atoms. The Bertz CT molecular complexity index is 666. The molecule has 176 valence electrons. The monoisotopic (exact) mass is 438 g/mol. The van der Waals surface area contributed by atoms with Crippen LogP contribution < -0.4 is 5.32 Å². The van der Waals surface area contributed by atoms with Crippen LogP contribution in [0, 0.1) is 22.7 Å². The zero-order valence-electron chi connectivity index (χ0n) is 18.8. The molecule has 3 rings (SSSR count). The fourth-order valence-electron chi connectivity index (χ4n) is 6.24. The van der Waals surface area contributed by atoms with E-state index in [4.69, 9.17) is 9.47 Å². The van der Waals surface area contributed by atoms with E-state index in [-0.39, 0.29) is 29.8 Å². The van der Waals surface area contributed by atoms with Crippen LogP contribution in [0.3, 0.4) is 0 Å². The first-order chi connectivity index (χ1) is 14.8. The van der Waals surface area contributed by atoms with Gasteiger partial charge in [0.15, 0.2) is 0 Å². The van der Waals surface area contributed by atoms with E-state index in [9.17, 15) is 19.8 Å². The molecular formula is C23H38N2O6. The normalized spacial score (nSPS) is 38.1. The molecule has 1 heterocycles. The first kappa shape index (κ1) is 24.0. The molecule has 8 heteroatoms. The largest absolute Gasteiger partial charge is 0.446 e. The third-order valence-corrected chi connectivity index (χ3v) is 8.07. The summed E-state index contributed by atoms with van der Waals surface area (Å²) in [6.07, 6.45) is 3.00. The minimum absolute atomic E-state index is 0.0295. The Hall–Kier alpha value is -1.64. The molecule has 1 saturated heterocycles. The third-order valence-electron chi connectivity index (χ3n) is 8.07. The SMILES string of the molecule is C=CCNC(=O)O[C@@H]1CC[C@]2(C)[C@H](CC[C@@H](O)[C@H]2CC(=O)N2CCOCC2)[C@]1(C)CO. The molecule has 2 amide bonds. The van der Waals surface area contributed by atoms with E-state index in [2.05, 4.69) is 18.8 Å². The van der Waals surface area contributed by atoms with Gasteiger partial charge in [0.2, 0.25) is 5.91 Å². The van der Waals surface area contributed by atoms with Crippen molar-refractivity contribution in [3.63, 3.8) is 0 Å². The molecule has 0 spiro atoms. The summed E-state index contributed by atoms with van der Waals surface area (Å²) in [6.45, 7) is 10.2. The second-order valence-corrected chi connectivity index (χ2v) is 9.77. The minimum atomic E-state index is -0.640. The number of nitrogens with one attached hydrogen (secondary N) is 1. The highest BCUT2D eigenvalue weighted by Crippen LogP contribution is 2.61. The first-order valence-corrected chi connectivity index (χ1v) is 11.5. The molecule has 0 aromatic rings. The lowest BCUT2D eigenvalue weighted by Crippen LogP contribution is -2.61. The maximum absolute atomic E-state index is 13.0. The van der Waals surface area contributed by atoms with Crippen molar-refractivity contribution < 1.29 is 29.3 Å². The Balaban J connectivity index is 1.78. The van der Waals surface area contributed by atoms with Crippen molar-refractivity contribution in [2.24, 2.45) is 22.7 Å². The Labute approximate surface area is 185 Å². The van der Waals surface area contributed by atoms with Gasteiger partial charge in [-0.2, -0.15) is 0 Å². The molecule has 2 aliphatic carbocycles. The molecule has 2 saturated carbocycles. The van der Waals surface area contributed by atoms with Gasteiger partial charge in [-0.1, -0.05) is 19.9 Å². The van der Waals surface area contributed by atoms with Crippen LogP contribution in [0.15, 0.2) is 12.7 Å². The van der Waals surface area contributed by atoms with Crippen molar-refractivity contribution >= 4 is 12.0 Å². The molecule has 6 atom stereocenters. The van der Waals surface area contributed by atoms with E-state index in [0.717, 1.165) is 12.8 Å². The van der Waals surface area contributed by atoms with Crippen LogP contribution in [0.2, 0.25) is 0 Å². The molecule has 3 N–H and O–H groups in total. The van der Waals surface area contributed by atoms with Crippen molar-refractivity contribution in [2.75, 3.05) is 39.5 Å². The number of carbonyl (C=O) groups is 2. The van der Waals surface area contributed by atoms with Crippen molar-refractivity contribution in [1.82, 2.24) is 10.2 Å². The molecule has 31 heavy (non-hydrogen) atoms. The summed E-state index contributed by atoms with van der Waals surface area (Å²) in [7, 11) is 0. The second-order valence-electron chi connectivity index (χ2n) is 9.77. The lowest BCUT2D eigenvalue weighted by molar-refractivity contribution is -0.187. The van der Waals surface area contributed by atoms with Crippen molar-refractivity contribution in [1.29, 1.82) is 0 Å². The van der Waals surface area contributed by atoms with Crippen LogP contribution in [-0.4, -0.2) is 78.8 Å². The molecule has 0 aromatic carbocycles. The van der Waals surface area contributed by atoms with Crippen molar-refractivity contribution in [3.8, 4) is 0 Å². The van der Waals surface area contributed by atoms with Gasteiger partial charge >= 0.3 is 6.09 Å². The van der Waals surface area contributed by atoms with Crippen LogP contribution in [0.5, 0.6) is 0 Å². The smallest absolute Gasteiger partial charge is 0.407 e. The fraction of sp³-hybridized carbons (Fsp3) is 0.826. The van der Waals surface area contributed by atoms with Gasteiger partial charge in [-0.3, -0.25) is 4.79 Å². The Morgan fingerprint density at radius 1 is 1.26 bits per heavy atom. The summed E-state index contributed by atoms with van der Waals surface area (Å²) in [5.41, 5.74) is -0.965. The highest BCUT2D eigenvalue weighted by Gasteiger charge is 2.60. The molecule has 1 aliphatic heterocycles. The standard InChI is InChI=1S/C23H38N2O6/c1-4-9-24-21(29)31-19-7-8-22(2)16(14-20(28)25-10-12-30-13-11-25)17(27)5-6-18(22)23(19,3)15-26/h4,16-19,26-27H,1,5-15H2,2-3H3,(H,24,29)/t16-,17-,18+,19-,22+,23+/m1/s1. The maximum Gasteiger partial charge on any atom is 0.407 e. The van der Waals surface area contributed by atoms with Gasteiger partial charge < -0.3 is 29.9 Å². The van der Waals surface area contributed by atoms with Crippen molar-refractivity contribution in [2.45, 2.75) is 58.2 Å². The number of amides is 2. The predicted molar refractivity (Wildman–Crippen MR) is 115 cm³/mol. The zero-order valence-corrected chi connectivity index (χ0v) is 18.8. The molecule has 0 unspecified atom stereocenters. The number of ether oxygens (including phenoxy) is 2. The lowest BCUT2D eigenvalue weighted by atomic mass is 9.46. The first-order valence-electron chi connectivity index (χ1n) is 11.5. The molecule has 0 aromatic heterocycles. The Morgan fingerprint density at radius 3 is 2.61 bits per heavy atom. The number of fused-ring (bicyclic) bond motifs is 1. The van der Waals surface area contributed by atoms with Gasteiger partial charge in [0.05, 0.1) is 25.9 Å². The summed E-state index contributed by atoms with van der Waals surface area (Å²) >= 11 is 0. The quantitative estimate of drug-likeness (QED) is 0.545. The summed E-state index contributed by atoms with van der Waals surface area (Å²) in [5.74, 6) is -0.105. The van der Waals surface area contributed by atoms with Gasteiger partial charge in [0.1, 0.15) is 6.10 Å². The van der Waals surface area contributed by atoms with Crippen LogP contribution in [0.1, 0.15) is 46.0 Å². The minimum Gasteiger partial charge on any atom is -0.446 e. The van der Waals surface area contributed by atoms with E-state index in [1.54, 1.807) is 6.08 Å². The number of hydrogen-bond acceptors (Lipinski definition) is 6. The van der Waals surface area contributed by atoms with Gasteiger partial charge in [0.25, 0.3) is 0 Å². The number of alkyl carbamates (subject to hydrolysis) is 1. The third kappa shape index (κ3) is 4.76. The lowest BCUT2D eigenvalue weighted by Gasteiger charge is -2.60. The fourth-order valence-corrected chi connectivity index (χ4v) is 6.24. The number of aliphatic hydroxyl groups is 2. The van der Waals surface area contributed by atoms with Crippen LogP contribution in [0.4, 0.5) is 4.79 Å². The van der Waals surface area contributed by atoms with Gasteiger partial charge in [-0.25, -0.2) is 4.79 Å². The number of hydrogen-bond donors (Lipinski definition) is 3.